The van der Waals surface area contributed by atoms with E-state index >= 15 is 0 Å². The van der Waals surface area contributed by atoms with Crippen LogP contribution in [0.25, 0.3) is 11.5 Å². The number of nitrogens with one attached hydrogen (secondary N) is 1. The minimum absolute atomic E-state index is 0.102. The highest BCUT2D eigenvalue weighted by atomic mass is 35.5. The minimum atomic E-state index is -0.102. The molecule has 3 heterocycles. The summed E-state index contributed by atoms with van der Waals surface area (Å²) in [5, 5.41) is 15.8. The first-order valence-corrected chi connectivity index (χ1v) is 9.68. The molecule has 6 nitrogen and oxygen atoms in total. The van der Waals surface area contributed by atoms with E-state index in [2.05, 4.69) is 15.5 Å². The van der Waals surface area contributed by atoms with Gasteiger partial charge in [0.1, 0.15) is 0 Å². The molecule has 1 N–H and O–H groups in total. The number of nitrogens with zero attached hydrogens (tertiary/aromatic N) is 3. The van der Waals surface area contributed by atoms with E-state index in [9.17, 15) is 4.79 Å². The van der Waals surface area contributed by atoms with Gasteiger partial charge in [0.2, 0.25) is 11.8 Å². The molecule has 0 radical (unpaired) electrons. The third kappa shape index (κ3) is 3.73. The fourth-order valence-electron chi connectivity index (χ4n) is 2.97. The summed E-state index contributed by atoms with van der Waals surface area (Å²) in [5.74, 6) is 1.41. The van der Waals surface area contributed by atoms with Gasteiger partial charge in [-0.25, -0.2) is 4.79 Å². The van der Waals surface area contributed by atoms with Crippen LogP contribution >= 0.6 is 22.9 Å². The molecule has 1 aliphatic rings. The maximum atomic E-state index is 12.4. The molecule has 1 aromatic carbocycles. The number of amides is 2. The van der Waals surface area contributed by atoms with Crippen LogP contribution in [0.1, 0.15) is 24.7 Å². The van der Waals surface area contributed by atoms with E-state index in [1.807, 2.05) is 16.8 Å². The topological polar surface area (TPSA) is 71.3 Å². The molecule has 0 unspecified atom stereocenters. The first kappa shape index (κ1) is 17.1. The lowest BCUT2D eigenvalue weighted by Crippen LogP contribution is -2.40. The number of hydrogen-bond donors (Lipinski definition) is 1. The average molecular weight is 389 g/mol. The highest BCUT2D eigenvalue weighted by molar-refractivity contribution is 7.08. The van der Waals surface area contributed by atoms with Crippen molar-refractivity contribution < 1.29 is 9.21 Å². The van der Waals surface area contributed by atoms with Gasteiger partial charge in [-0.15, -0.1) is 10.2 Å². The number of aromatic nitrogens is 2. The zero-order valence-electron chi connectivity index (χ0n) is 13.9. The van der Waals surface area contributed by atoms with E-state index in [-0.39, 0.29) is 11.9 Å². The third-order valence-corrected chi connectivity index (χ3v) is 5.37. The molecule has 3 aromatic rings. The molecule has 0 saturated carbocycles. The Labute approximate surface area is 159 Å². The maximum absolute atomic E-state index is 12.4. The normalized spacial score (nSPS) is 15.2. The smallest absolute Gasteiger partial charge is 0.321 e. The Morgan fingerprint density at radius 2 is 1.96 bits per heavy atom. The predicted octanol–water partition coefficient (Wildman–Crippen LogP) is 4.86. The monoisotopic (exact) mass is 388 g/mol. The van der Waals surface area contributed by atoms with E-state index in [1.165, 1.54) is 0 Å². The van der Waals surface area contributed by atoms with Crippen molar-refractivity contribution in [1.29, 1.82) is 0 Å². The number of hydrogen-bond acceptors (Lipinski definition) is 5. The Morgan fingerprint density at radius 1 is 1.19 bits per heavy atom. The Morgan fingerprint density at radius 3 is 2.65 bits per heavy atom. The van der Waals surface area contributed by atoms with Crippen molar-refractivity contribution in [2.24, 2.45) is 0 Å². The van der Waals surface area contributed by atoms with E-state index in [4.69, 9.17) is 16.0 Å². The number of carbonyl (C=O) groups excluding carboxylic acids is 1. The summed E-state index contributed by atoms with van der Waals surface area (Å²) in [4.78, 5) is 14.2. The fourth-order valence-corrected chi connectivity index (χ4v) is 3.72. The van der Waals surface area contributed by atoms with Crippen molar-refractivity contribution in [3.05, 3.63) is 52.0 Å². The predicted molar refractivity (Wildman–Crippen MR) is 102 cm³/mol. The molecule has 2 amide bonds. The van der Waals surface area contributed by atoms with Gasteiger partial charge in [-0.2, -0.15) is 11.3 Å². The van der Waals surface area contributed by atoms with E-state index in [1.54, 1.807) is 40.5 Å². The van der Waals surface area contributed by atoms with Crippen LogP contribution in [0.15, 0.2) is 45.5 Å². The Bertz CT molecular complexity index is 871. The van der Waals surface area contributed by atoms with Crippen LogP contribution in [0.4, 0.5) is 10.5 Å². The number of thiophene rings is 1. The van der Waals surface area contributed by atoms with Crippen molar-refractivity contribution in [2.75, 3.05) is 18.4 Å². The average Bonchev–Trinajstić information content (AvgIpc) is 3.35. The molecule has 0 aliphatic carbocycles. The van der Waals surface area contributed by atoms with Gasteiger partial charge < -0.3 is 14.6 Å². The summed E-state index contributed by atoms with van der Waals surface area (Å²) >= 11 is 7.46. The van der Waals surface area contributed by atoms with Crippen LogP contribution in [-0.2, 0) is 0 Å². The first-order valence-electron chi connectivity index (χ1n) is 8.36. The number of likely N-dealkylation sites (tertiary alicyclic amines) is 1. The second-order valence-corrected chi connectivity index (χ2v) is 7.37. The molecule has 0 spiro atoms. The summed E-state index contributed by atoms with van der Waals surface area (Å²) < 4.78 is 5.82. The lowest BCUT2D eigenvalue weighted by molar-refractivity contribution is 0.190. The number of urea groups is 1. The second kappa shape index (κ2) is 7.47. The second-order valence-electron chi connectivity index (χ2n) is 6.16. The molecular formula is C18H17ClN4O2S. The van der Waals surface area contributed by atoms with Gasteiger partial charge in [-0.3, -0.25) is 0 Å². The summed E-state index contributed by atoms with van der Waals surface area (Å²) in [6.45, 7) is 1.31. The lowest BCUT2D eigenvalue weighted by atomic mass is 9.97. The molecule has 0 bridgehead atoms. The van der Waals surface area contributed by atoms with Crippen molar-refractivity contribution in [3.8, 4) is 11.5 Å². The molecule has 26 heavy (non-hydrogen) atoms. The molecule has 1 fully saturated rings. The van der Waals surface area contributed by atoms with Crippen molar-refractivity contribution in [2.45, 2.75) is 18.8 Å². The standard InChI is InChI=1S/C18H17ClN4O2S/c19-14-1-3-15(4-2-14)20-18(24)23-8-5-12(6-9-23)16-21-22-17(25-16)13-7-10-26-11-13/h1-4,7,10-12H,5-6,8-9H2,(H,20,24). The molecule has 134 valence electrons. The molecular weight excluding hydrogens is 372 g/mol. The number of halogens is 1. The van der Waals surface area contributed by atoms with Gasteiger partial charge in [0.05, 0.1) is 0 Å². The fraction of sp³-hybridized carbons (Fsp3) is 0.278. The molecule has 8 heteroatoms. The van der Waals surface area contributed by atoms with Gasteiger partial charge in [0, 0.05) is 40.7 Å². The Kier molecular flexibility index (Phi) is 4.90. The number of anilines is 1. The number of rotatable bonds is 3. The Hall–Kier alpha value is -2.38. The van der Waals surface area contributed by atoms with Gasteiger partial charge in [-0.1, -0.05) is 11.6 Å². The zero-order chi connectivity index (χ0) is 17.9. The SMILES string of the molecule is O=C(Nc1ccc(Cl)cc1)N1CCC(c2nnc(-c3ccsc3)o2)CC1. The number of carbonyl (C=O) groups is 1. The summed E-state index contributed by atoms with van der Waals surface area (Å²) in [6.07, 6.45) is 1.61. The minimum Gasteiger partial charge on any atom is -0.420 e. The molecule has 1 saturated heterocycles. The van der Waals surface area contributed by atoms with Gasteiger partial charge in [-0.05, 0) is 48.6 Å². The summed E-state index contributed by atoms with van der Waals surface area (Å²) in [5.41, 5.74) is 1.69. The molecule has 2 aromatic heterocycles. The highest BCUT2D eigenvalue weighted by Gasteiger charge is 2.27. The molecule has 1 aliphatic heterocycles. The van der Waals surface area contributed by atoms with Crippen LogP contribution in [0, 0.1) is 0 Å². The maximum Gasteiger partial charge on any atom is 0.321 e. The largest absolute Gasteiger partial charge is 0.420 e. The van der Waals surface area contributed by atoms with Gasteiger partial charge in [0.15, 0.2) is 0 Å². The van der Waals surface area contributed by atoms with Crippen molar-refractivity contribution in [3.63, 3.8) is 0 Å². The van der Waals surface area contributed by atoms with Crippen LogP contribution in [0.3, 0.4) is 0 Å². The van der Waals surface area contributed by atoms with E-state index < -0.39 is 0 Å². The van der Waals surface area contributed by atoms with Crippen LogP contribution in [-0.4, -0.2) is 34.2 Å². The molecule has 4 rings (SSSR count). The van der Waals surface area contributed by atoms with E-state index in [0.717, 1.165) is 24.1 Å². The van der Waals surface area contributed by atoms with E-state index in [0.29, 0.717) is 29.9 Å². The number of piperidine rings is 1. The first-order chi connectivity index (χ1) is 12.7. The quantitative estimate of drug-likeness (QED) is 0.695. The number of benzene rings is 1. The van der Waals surface area contributed by atoms with Gasteiger partial charge in [0.25, 0.3) is 0 Å². The van der Waals surface area contributed by atoms with Crippen LogP contribution < -0.4 is 5.32 Å². The highest BCUT2D eigenvalue weighted by Crippen LogP contribution is 2.30. The lowest BCUT2D eigenvalue weighted by Gasteiger charge is -2.30. The Balaban J connectivity index is 1.33. The van der Waals surface area contributed by atoms with Crippen LogP contribution in [0.5, 0.6) is 0 Å². The van der Waals surface area contributed by atoms with Crippen molar-refractivity contribution >= 4 is 34.7 Å². The summed E-state index contributed by atoms with van der Waals surface area (Å²) in [7, 11) is 0. The van der Waals surface area contributed by atoms with Crippen LogP contribution in [0.2, 0.25) is 5.02 Å². The molecule has 0 atom stereocenters. The van der Waals surface area contributed by atoms with Gasteiger partial charge >= 0.3 is 6.03 Å². The zero-order valence-corrected chi connectivity index (χ0v) is 15.5. The van der Waals surface area contributed by atoms with Crippen molar-refractivity contribution in [1.82, 2.24) is 15.1 Å². The summed E-state index contributed by atoms with van der Waals surface area (Å²) in [6, 6.07) is 8.95. The third-order valence-electron chi connectivity index (χ3n) is 4.44.